The molecular formula is C13H24N2O4. The van der Waals surface area contributed by atoms with E-state index in [1.54, 1.807) is 7.05 Å². The van der Waals surface area contributed by atoms with Crippen molar-refractivity contribution in [1.29, 1.82) is 0 Å². The van der Waals surface area contributed by atoms with E-state index in [1.165, 1.54) is 12.3 Å². The molecule has 1 rings (SSSR count). The fourth-order valence-corrected chi connectivity index (χ4v) is 1.72. The molecule has 1 heterocycles. The van der Waals surface area contributed by atoms with Gasteiger partial charge in [-0.15, -0.1) is 0 Å². The van der Waals surface area contributed by atoms with Crippen LogP contribution in [0.4, 0.5) is 0 Å². The van der Waals surface area contributed by atoms with Crippen LogP contribution in [0.1, 0.15) is 33.1 Å². The summed E-state index contributed by atoms with van der Waals surface area (Å²) in [5.41, 5.74) is 0. The lowest BCUT2D eigenvalue weighted by Gasteiger charge is -2.33. The molecule has 2 N–H and O–H groups in total. The zero-order chi connectivity index (χ0) is 14.7. The predicted octanol–water partition coefficient (Wildman–Crippen LogP) is 0.618. The van der Waals surface area contributed by atoms with Gasteiger partial charge in [0.25, 0.3) is 5.91 Å². The number of rotatable bonds is 5. The fourth-order valence-electron chi connectivity index (χ4n) is 1.72. The lowest BCUT2D eigenvalue weighted by atomic mass is 10.1. The monoisotopic (exact) mass is 272 g/mol. The van der Waals surface area contributed by atoms with E-state index in [0.29, 0.717) is 12.8 Å². The number of hydrogen-bond donors (Lipinski definition) is 2. The molecule has 0 radical (unpaired) electrons. The van der Waals surface area contributed by atoms with E-state index < -0.39 is 12.1 Å². The van der Waals surface area contributed by atoms with Gasteiger partial charge in [-0.3, -0.25) is 14.5 Å². The van der Waals surface area contributed by atoms with Crippen molar-refractivity contribution in [3.63, 3.8) is 0 Å². The Morgan fingerprint density at radius 1 is 1.47 bits per heavy atom. The third-order valence-electron chi connectivity index (χ3n) is 2.60. The number of ether oxygens (including phenoxy) is 1. The molecule has 110 valence electrons. The second-order valence-corrected chi connectivity index (χ2v) is 3.80. The van der Waals surface area contributed by atoms with Crippen LogP contribution >= 0.6 is 0 Å². The summed E-state index contributed by atoms with van der Waals surface area (Å²) in [7, 11) is 1.66. The second kappa shape index (κ2) is 10.5. The summed E-state index contributed by atoms with van der Waals surface area (Å²) in [6, 6.07) is 0. The molecule has 1 fully saturated rings. The number of nitrogens with zero attached hydrogens (tertiary/aromatic N) is 1. The average Bonchev–Trinajstić information content (AvgIpc) is 2.48. The molecule has 19 heavy (non-hydrogen) atoms. The van der Waals surface area contributed by atoms with Crippen molar-refractivity contribution in [2.45, 2.75) is 45.4 Å². The van der Waals surface area contributed by atoms with Crippen LogP contribution < -0.4 is 5.32 Å². The number of nitrogens with one attached hydrogen (secondary N) is 1. The standard InChI is InChI=1S/C11H18N2O4.C2H6/c1-12-6-5-10(16)13(8-15)11-4-2-3-9(7-14)17-11;1-2/h5-6,8-9,11-12,14H,2-4,7H2,1H3;1-2H3/b6-5-;. The third kappa shape index (κ3) is 5.85. The second-order valence-electron chi connectivity index (χ2n) is 3.80. The first-order valence-electron chi connectivity index (χ1n) is 6.60. The first-order chi connectivity index (χ1) is 9.22. The molecule has 0 aromatic rings. The lowest BCUT2D eigenvalue weighted by Crippen LogP contribution is -2.45. The molecule has 6 heteroatoms. The van der Waals surface area contributed by atoms with Gasteiger partial charge in [0.15, 0.2) is 0 Å². The molecule has 6 nitrogen and oxygen atoms in total. The summed E-state index contributed by atoms with van der Waals surface area (Å²) < 4.78 is 5.46. The molecule has 0 spiro atoms. The Morgan fingerprint density at radius 3 is 2.68 bits per heavy atom. The SMILES string of the molecule is CC.CN/C=C\C(=O)N(C=O)C1CCCC(CO)O1. The summed E-state index contributed by atoms with van der Waals surface area (Å²) in [4.78, 5) is 23.6. The third-order valence-corrected chi connectivity index (χ3v) is 2.60. The first-order valence-corrected chi connectivity index (χ1v) is 6.60. The van der Waals surface area contributed by atoms with Crippen molar-refractivity contribution >= 4 is 12.3 Å². The highest BCUT2D eigenvalue weighted by Gasteiger charge is 2.28. The molecule has 0 saturated carbocycles. The van der Waals surface area contributed by atoms with E-state index in [1.807, 2.05) is 13.8 Å². The van der Waals surface area contributed by atoms with Gasteiger partial charge in [0.05, 0.1) is 12.7 Å². The summed E-state index contributed by atoms with van der Waals surface area (Å²) in [6.07, 6.45) is 4.49. The van der Waals surface area contributed by atoms with Crippen molar-refractivity contribution in [2.75, 3.05) is 13.7 Å². The van der Waals surface area contributed by atoms with E-state index in [0.717, 1.165) is 17.7 Å². The number of amides is 2. The van der Waals surface area contributed by atoms with E-state index in [9.17, 15) is 9.59 Å². The maximum Gasteiger partial charge on any atom is 0.256 e. The van der Waals surface area contributed by atoms with Crippen molar-refractivity contribution < 1.29 is 19.4 Å². The average molecular weight is 272 g/mol. The molecule has 2 atom stereocenters. The summed E-state index contributed by atoms with van der Waals surface area (Å²) in [5.74, 6) is -0.432. The van der Waals surface area contributed by atoms with Crippen LogP contribution in [0, 0.1) is 0 Å². The number of carbonyl (C=O) groups is 2. The molecule has 0 aromatic heterocycles. The Morgan fingerprint density at radius 2 is 2.16 bits per heavy atom. The van der Waals surface area contributed by atoms with Gasteiger partial charge in [0.1, 0.15) is 6.23 Å². The van der Waals surface area contributed by atoms with Crippen molar-refractivity contribution in [2.24, 2.45) is 0 Å². The molecule has 0 aromatic carbocycles. The molecule has 2 unspecified atom stereocenters. The Labute approximate surface area is 114 Å². The predicted molar refractivity (Wildman–Crippen MR) is 72.1 cm³/mol. The van der Waals surface area contributed by atoms with Crippen LogP contribution in [-0.4, -0.2) is 48.3 Å². The summed E-state index contributed by atoms with van der Waals surface area (Å²) >= 11 is 0. The molecule has 0 bridgehead atoms. The van der Waals surface area contributed by atoms with E-state index in [4.69, 9.17) is 9.84 Å². The van der Waals surface area contributed by atoms with Crippen molar-refractivity contribution in [1.82, 2.24) is 10.2 Å². The largest absolute Gasteiger partial charge is 0.394 e. The van der Waals surface area contributed by atoms with Crippen molar-refractivity contribution in [3.8, 4) is 0 Å². The lowest BCUT2D eigenvalue weighted by molar-refractivity contribution is -0.166. The van der Waals surface area contributed by atoms with E-state index in [2.05, 4.69) is 5.32 Å². The quantitative estimate of drug-likeness (QED) is 0.566. The minimum atomic E-state index is -0.576. The maximum absolute atomic E-state index is 11.7. The number of imide groups is 1. The minimum absolute atomic E-state index is 0.0935. The zero-order valence-electron chi connectivity index (χ0n) is 11.8. The molecule has 2 amide bonds. The van der Waals surface area contributed by atoms with E-state index >= 15 is 0 Å². The Balaban J connectivity index is 0.00000154. The van der Waals surface area contributed by atoms with Crippen LogP contribution in [0.25, 0.3) is 0 Å². The normalized spacial score (nSPS) is 22.3. The van der Waals surface area contributed by atoms with Gasteiger partial charge in [0.2, 0.25) is 6.41 Å². The number of carbonyl (C=O) groups excluding carboxylic acids is 2. The van der Waals surface area contributed by atoms with E-state index in [-0.39, 0.29) is 12.7 Å². The topological polar surface area (TPSA) is 78.9 Å². The molecule has 1 aliphatic heterocycles. The Kier molecular flexibility index (Phi) is 9.74. The highest BCUT2D eigenvalue weighted by molar-refractivity contribution is 5.94. The van der Waals surface area contributed by atoms with Crippen LogP contribution in [0.15, 0.2) is 12.3 Å². The zero-order valence-corrected chi connectivity index (χ0v) is 11.8. The Bertz CT molecular complexity index is 294. The number of hydrogen-bond acceptors (Lipinski definition) is 5. The molecular weight excluding hydrogens is 248 g/mol. The van der Waals surface area contributed by atoms with Crippen molar-refractivity contribution in [3.05, 3.63) is 12.3 Å². The molecule has 1 aliphatic rings. The minimum Gasteiger partial charge on any atom is -0.394 e. The van der Waals surface area contributed by atoms with Gasteiger partial charge < -0.3 is 15.2 Å². The summed E-state index contributed by atoms with van der Waals surface area (Å²) in [5, 5.41) is 11.7. The van der Waals surface area contributed by atoms with Gasteiger partial charge in [-0.25, -0.2) is 0 Å². The number of aliphatic hydroxyl groups excluding tert-OH is 1. The van der Waals surface area contributed by atoms with Gasteiger partial charge >= 0.3 is 0 Å². The highest BCUT2D eigenvalue weighted by Crippen LogP contribution is 2.21. The molecule has 0 aliphatic carbocycles. The van der Waals surface area contributed by atoms with Gasteiger partial charge in [-0.2, -0.15) is 0 Å². The van der Waals surface area contributed by atoms with Crippen LogP contribution in [0.3, 0.4) is 0 Å². The summed E-state index contributed by atoms with van der Waals surface area (Å²) in [6.45, 7) is 3.91. The van der Waals surface area contributed by atoms with Crippen LogP contribution in [0.2, 0.25) is 0 Å². The fraction of sp³-hybridized carbons (Fsp3) is 0.692. The molecule has 1 saturated heterocycles. The number of aliphatic hydroxyl groups is 1. The van der Waals surface area contributed by atoms with Crippen LogP contribution in [0.5, 0.6) is 0 Å². The van der Waals surface area contributed by atoms with Gasteiger partial charge in [-0.1, -0.05) is 13.8 Å². The Hall–Kier alpha value is -1.40. The highest BCUT2D eigenvalue weighted by atomic mass is 16.5. The van der Waals surface area contributed by atoms with Gasteiger partial charge in [-0.05, 0) is 19.3 Å². The maximum atomic E-state index is 11.7. The van der Waals surface area contributed by atoms with Crippen LogP contribution in [-0.2, 0) is 14.3 Å². The first kappa shape index (κ1) is 17.6. The van der Waals surface area contributed by atoms with Gasteiger partial charge in [0, 0.05) is 19.3 Å². The smallest absolute Gasteiger partial charge is 0.256 e.